The second-order valence-corrected chi connectivity index (χ2v) is 2.44. The lowest BCUT2D eigenvalue weighted by Gasteiger charge is -2.09. The summed E-state index contributed by atoms with van der Waals surface area (Å²) in [5.74, 6) is -0.638. The maximum absolute atomic E-state index is 10.8. The van der Waals surface area contributed by atoms with Gasteiger partial charge in [0.1, 0.15) is 11.3 Å². The second kappa shape index (κ2) is 3.80. The Morgan fingerprint density at radius 3 is 2.69 bits per heavy atom. The third kappa shape index (κ3) is 1.72. The van der Waals surface area contributed by atoms with Gasteiger partial charge in [0.05, 0.1) is 12.8 Å². The molecule has 0 aliphatic heterocycles. The highest BCUT2D eigenvalue weighted by atomic mass is 16.5. The van der Waals surface area contributed by atoms with Gasteiger partial charge in [-0.05, 0) is 12.1 Å². The third-order valence-electron chi connectivity index (χ3n) is 1.73. The zero-order chi connectivity index (χ0) is 9.84. The summed E-state index contributed by atoms with van der Waals surface area (Å²) in [7, 11) is 3.11. The lowest BCUT2D eigenvalue weighted by molar-refractivity contribution is 0.0694. The van der Waals surface area contributed by atoms with Gasteiger partial charge in [0, 0.05) is 7.05 Å². The van der Waals surface area contributed by atoms with E-state index in [9.17, 15) is 4.79 Å². The molecule has 4 heteroatoms. The number of carbonyl (C=O) groups is 1. The van der Waals surface area contributed by atoms with Crippen molar-refractivity contribution in [2.75, 3.05) is 19.5 Å². The van der Waals surface area contributed by atoms with Crippen molar-refractivity contribution < 1.29 is 14.6 Å². The molecular formula is C9H11NO3. The highest BCUT2D eigenvalue weighted by molar-refractivity contribution is 5.97. The Labute approximate surface area is 76.1 Å². The SMILES string of the molecule is CNc1cccc(OC)c1C(=O)O. The minimum absolute atomic E-state index is 0.160. The monoisotopic (exact) mass is 181 g/mol. The number of benzene rings is 1. The fourth-order valence-electron chi connectivity index (χ4n) is 1.13. The summed E-state index contributed by atoms with van der Waals surface area (Å²) in [6.07, 6.45) is 0. The van der Waals surface area contributed by atoms with Gasteiger partial charge in [0.2, 0.25) is 0 Å². The van der Waals surface area contributed by atoms with Crippen LogP contribution < -0.4 is 10.1 Å². The van der Waals surface area contributed by atoms with Gasteiger partial charge in [0.25, 0.3) is 0 Å². The Hall–Kier alpha value is -1.71. The van der Waals surface area contributed by atoms with Crippen LogP contribution in [0.5, 0.6) is 5.75 Å². The van der Waals surface area contributed by atoms with Crippen molar-refractivity contribution in [1.82, 2.24) is 0 Å². The lowest BCUT2D eigenvalue weighted by Crippen LogP contribution is -2.05. The van der Waals surface area contributed by atoms with Crippen molar-refractivity contribution in [2.45, 2.75) is 0 Å². The van der Waals surface area contributed by atoms with E-state index in [1.54, 1.807) is 25.2 Å². The van der Waals surface area contributed by atoms with E-state index in [1.165, 1.54) is 7.11 Å². The summed E-state index contributed by atoms with van der Waals surface area (Å²) in [6.45, 7) is 0. The smallest absolute Gasteiger partial charge is 0.341 e. The zero-order valence-electron chi connectivity index (χ0n) is 7.50. The van der Waals surface area contributed by atoms with Gasteiger partial charge < -0.3 is 15.2 Å². The molecule has 0 amide bonds. The predicted molar refractivity (Wildman–Crippen MR) is 49.5 cm³/mol. The molecule has 0 fully saturated rings. The predicted octanol–water partition coefficient (Wildman–Crippen LogP) is 1.44. The molecule has 13 heavy (non-hydrogen) atoms. The molecule has 0 saturated carbocycles. The standard InChI is InChI=1S/C9H11NO3/c1-10-6-4-3-5-7(13-2)8(6)9(11)12/h3-5,10H,1-2H3,(H,11,12). The molecule has 0 bridgehead atoms. The first-order valence-corrected chi connectivity index (χ1v) is 3.78. The molecule has 1 aromatic carbocycles. The van der Waals surface area contributed by atoms with Crippen LogP contribution >= 0.6 is 0 Å². The number of rotatable bonds is 3. The third-order valence-corrected chi connectivity index (χ3v) is 1.73. The molecule has 0 unspecified atom stereocenters. The molecule has 1 aromatic rings. The molecular weight excluding hydrogens is 170 g/mol. The molecule has 70 valence electrons. The first kappa shape index (κ1) is 9.38. The summed E-state index contributed by atoms with van der Waals surface area (Å²) >= 11 is 0. The number of hydrogen-bond donors (Lipinski definition) is 2. The summed E-state index contributed by atoms with van der Waals surface area (Å²) < 4.78 is 4.93. The molecule has 2 N–H and O–H groups in total. The molecule has 0 heterocycles. The maximum atomic E-state index is 10.8. The molecule has 0 aliphatic carbocycles. The van der Waals surface area contributed by atoms with Crippen LogP contribution in [0.25, 0.3) is 0 Å². The van der Waals surface area contributed by atoms with E-state index in [4.69, 9.17) is 9.84 Å². The topological polar surface area (TPSA) is 58.6 Å². The van der Waals surface area contributed by atoms with E-state index < -0.39 is 5.97 Å². The van der Waals surface area contributed by atoms with E-state index >= 15 is 0 Å². The first-order chi connectivity index (χ1) is 6.20. The van der Waals surface area contributed by atoms with Gasteiger partial charge in [-0.2, -0.15) is 0 Å². The van der Waals surface area contributed by atoms with Crippen molar-refractivity contribution in [3.8, 4) is 5.75 Å². The van der Waals surface area contributed by atoms with Gasteiger partial charge in [0.15, 0.2) is 0 Å². The van der Waals surface area contributed by atoms with Crippen LogP contribution in [0.4, 0.5) is 5.69 Å². The zero-order valence-corrected chi connectivity index (χ0v) is 7.50. The Bertz CT molecular complexity index is 300. The molecule has 4 nitrogen and oxygen atoms in total. The van der Waals surface area contributed by atoms with Crippen molar-refractivity contribution >= 4 is 11.7 Å². The van der Waals surface area contributed by atoms with Gasteiger partial charge in [-0.1, -0.05) is 6.07 Å². The first-order valence-electron chi connectivity index (χ1n) is 3.78. The van der Waals surface area contributed by atoms with Crippen molar-refractivity contribution in [1.29, 1.82) is 0 Å². The van der Waals surface area contributed by atoms with Crippen LogP contribution in [0.3, 0.4) is 0 Å². The molecule has 0 atom stereocenters. The summed E-state index contributed by atoms with van der Waals surface area (Å²) in [5.41, 5.74) is 0.708. The van der Waals surface area contributed by atoms with E-state index in [-0.39, 0.29) is 5.56 Å². The van der Waals surface area contributed by atoms with E-state index in [1.807, 2.05) is 0 Å². The van der Waals surface area contributed by atoms with Crippen LogP contribution in [-0.2, 0) is 0 Å². The number of methoxy groups -OCH3 is 1. The largest absolute Gasteiger partial charge is 0.496 e. The highest BCUT2D eigenvalue weighted by Gasteiger charge is 2.14. The Kier molecular flexibility index (Phi) is 2.74. The minimum Gasteiger partial charge on any atom is -0.496 e. The summed E-state index contributed by atoms with van der Waals surface area (Å²) in [6, 6.07) is 5.04. The lowest BCUT2D eigenvalue weighted by atomic mass is 10.1. The molecule has 0 aliphatic rings. The Balaban J connectivity index is 3.29. The average molecular weight is 181 g/mol. The molecule has 0 spiro atoms. The van der Waals surface area contributed by atoms with Gasteiger partial charge in [-0.3, -0.25) is 0 Å². The van der Waals surface area contributed by atoms with Crippen molar-refractivity contribution in [2.24, 2.45) is 0 Å². The fourth-order valence-corrected chi connectivity index (χ4v) is 1.13. The fraction of sp³-hybridized carbons (Fsp3) is 0.222. The van der Waals surface area contributed by atoms with E-state index in [0.717, 1.165) is 0 Å². The molecule has 0 aromatic heterocycles. The van der Waals surface area contributed by atoms with Crippen molar-refractivity contribution in [3.05, 3.63) is 23.8 Å². The Morgan fingerprint density at radius 1 is 1.54 bits per heavy atom. The number of carboxylic acids is 1. The number of ether oxygens (including phenoxy) is 1. The van der Waals surface area contributed by atoms with Crippen molar-refractivity contribution in [3.63, 3.8) is 0 Å². The molecule has 1 rings (SSSR count). The van der Waals surface area contributed by atoms with Crippen LogP contribution in [0.1, 0.15) is 10.4 Å². The normalized spacial score (nSPS) is 9.38. The number of nitrogens with one attached hydrogen (secondary N) is 1. The van der Waals surface area contributed by atoms with E-state index in [0.29, 0.717) is 11.4 Å². The highest BCUT2D eigenvalue weighted by Crippen LogP contribution is 2.25. The summed E-state index contributed by atoms with van der Waals surface area (Å²) in [5, 5.41) is 11.7. The Morgan fingerprint density at radius 2 is 2.23 bits per heavy atom. The van der Waals surface area contributed by atoms with Crippen LogP contribution in [0.2, 0.25) is 0 Å². The van der Waals surface area contributed by atoms with Gasteiger partial charge in [-0.25, -0.2) is 4.79 Å². The average Bonchev–Trinajstić information content (AvgIpc) is 2.16. The summed E-state index contributed by atoms with van der Waals surface area (Å²) in [4.78, 5) is 10.8. The van der Waals surface area contributed by atoms with Gasteiger partial charge >= 0.3 is 5.97 Å². The molecule has 0 saturated heterocycles. The second-order valence-electron chi connectivity index (χ2n) is 2.44. The van der Waals surface area contributed by atoms with Crippen LogP contribution in [0.15, 0.2) is 18.2 Å². The van der Waals surface area contributed by atoms with E-state index in [2.05, 4.69) is 5.32 Å². The maximum Gasteiger partial charge on any atom is 0.341 e. The minimum atomic E-state index is -0.998. The van der Waals surface area contributed by atoms with Crippen LogP contribution in [-0.4, -0.2) is 25.2 Å². The van der Waals surface area contributed by atoms with Crippen LogP contribution in [0, 0.1) is 0 Å². The number of carboxylic acid groups (broad SMARTS) is 1. The number of anilines is 1. The molecule has 0 radical (unpaired) electrons. The van der Waals surface area contributed by atoms with Gasteiger partial charge in [-0.15, -0.1) is 0 Å². The number of aromatic carboxylic acids is 1. The number of hydrogen-bond acceptors (Lipinski definition) is 3. The quantitative estimate of drug-likeness (QED) is 0.740.